The van der Waals surface area contributed by atoms with E-state index in [-0.39, 0.29) is 11.6 Å². The number of hydrogen-bond acceptors (Lipinski definition) is 1. The monoisotopic (exact) mass is 313 g/mol. The van der Waals surface area contributed by atoms with Crippen molar-refractivity contribution in [3.8, 4) is 11.1 Å². The number of hydrogen-bond donors (Lipinski definition) is 1. The second-order valence-corrected chi connectivity index (χ2v) is 5.50. The van der Waals surface area contributed by atoms with Crippen LogP contribution in [0.4, 0.5) is 13.2 Å². The van der Waals surface area contributed by atoms with E-state index in [1.54, 1.807) is 18.2 Å². The van der Waals surface area contributed by atoms with Gasteiger partial charge < -0.3 is 5.32 Å². The zero-order valence-electron chi connectivity index (χ0n) is 11.7. The molecule has 0 saturated carbocycles. The maximum absolute atomic E-state index is 13.3. The van der Waals surface area contributed by atoms with Gasteiger partial charge in [0, 0.05) is 17.6 Å². The Morgan fingerprint density at radius 3 is 2.19 bits per heavy atom. The number of halogens is 4. The quantitative estimate of drug-likeness (QED) is 0.790. The maximum Gasteiger partial charge on any atom is 0.194 e. The third-order valence-corrected chi connectivity index (χ3v) is 3.43. The lowest BCUT2D eigenvalue weighted by atomic mass is 10.0. The smallest absolute Gasteiger partial charge is 0.194 e. The summed E-state index contributed by atoms with van der Waals surface area (Å²) in [5.41, 5.74) is 1.67. The summed E-state index contributed by atoms with van der Waals surface area (Å²) in [5, 5.41) is 3.79. The molecular formula is C16H15ClF3N. The molecular weight excluding hydrogens is 299 g/mol. The molecule has 0 fully saturated rings. The van der Waals surface area contributed by atoms with Crippen molar-refractivity contribution in [2.24, 2.45) is 0 Å². The first-order valence-electron chi connectivity index (χ1n) is 6.55. The predicted octanol–water partition coefficient (Wildman–Crippen LogP) is 4.92. The lowest BCUT2D eigenvalue weighted by Gasteiger charge is -2.12. The van der Waals surface area contributed by atoms with Crippen LogP contribution in [0.15, 0.2) is 30.3 Å². The molecule has 0 aromatic heterocycles. The van der Waals surface area contributed by atoms with Gasteiger partial charge in [-0.1, -0.05) is 31.5 Å². The maximum atomic E-state index is 13.3. The number of rotatable bonds is 4. The van der Waals surface area contributed by atoms with Crippen molar-refractivity contribution < 1.29 is 13.2 Å². The summed E-state index contributed by atoms with van der Waals surface area (Å²) in [6.07, 6.45) is 0. The Hall–Kier alpha value is -1.52. The summed E-state index contributed by atoms with van der Waals surface area (Å²) in [6.45, 7) is 4.54. The van der Waals surface area contributed by atoms with Gasteiger partial charge in [-0.15, -0.1) is 0 Å². The van der Waals surface area contributed by atoms with E-state index in [4.69, 9.17) is 11.6 Å². The molecule has 2 aromatic rings. The van der Waals surface area contributed by atoms with E-state index in [9.17, 15) is 13.2 Å². The second-order valence-electron chi connectivity index (χ2n) is 5.10. The zero-order chi connectivity index (χ0) is 15.6. The summed E-state index contributed by atoms with van der Waals surface area (Å²) in [5.74, 6) is -3.88. The van der Waals surface area contributed by atoms with Gasteiger partial charge in [0.05, 0.1) is 0 Å². The average Bonchev–Trinajstić information content (AvgIpc) is 2.43. The molecule has 0 spiro atoms. The van der Waals surface area contributed by atoms with Crippen molar-refractivity contribution in [1.29, 1.82) is 0 Å². The third-order valence-electron chi connectivity index (χ3n) is 3.06. The summed E-state index contributed by atoms with van der Waals surface area (Å²) in [4.78, 5) is 0. The van der Waals surface area contributed by atoms with Crippen LogP contribution in [-0.4, -0.2) is 6.04 Å². The van der Waals surface area contributed by atoms with Crippen LogP contribution in [0, 0.1) is 17.5 Å². The summed E-state index contributed by atoms with van der Waals surface area (Å²) < 4.78 is 39.6. The number of nitrogens with one attached hydrogen (secondary N) is 1. The SMILES string of the molecule is CC(C)NCc1cc(-c2cc(F)c(F)c(F)c2)ccc1Cl. The predicted molar refractivity (Wildman–Crippen MR) is 78.7 cm³/mol. The Balaban J connectivity index is 2.38. The van der Waals surface area contributed by atoms with Crippen molar-refractivity contribution in [2.45, 2.75) is 26.4 Å². The topological polar surface area (TPSA) is 12.0 Å². The molecule has 0 aliphatic carbocycles. The zero-order valence-corrected chi connectivity index (χ0v) is 12.4. The number of benzene rings is 2. The average molecular weight is 314 g/mol. The van der Waals surface area contributed by atoms with Crippen LogP contribution in [0.2, 0.25) is 5.02 Å². The highest BCUT2D eigenvalue weighted by Crippen LogP contribution is 2.27. The fraction of sp³-hybridized carbons (Fsp3) is 0.250. The minimum Gasteiger partial charge on any atom is -0.310 e. The van der Waals surface area contributed by atoms with Crippen LogP contribution < -0.4 is 5.32 Å². The van der Waals surface area contributed by atoms with Gasteiger partial charge in [-0.3, -0.25) is 0 Å². The van der Waals surface area contributed by atoms with Gasteiger partial charge in [0.2, 0.25) is 0 Å². The van der Waals surface area contributed by atoms with Crippen LogP contribution in [0.5, 0.6) is 0 Å². The van der Waals surface area contributed by atoms with Crippen LogP contribution in [-0.2, 0) is 6.54 Å². The van der Waals surface area contributed by atoms with Crippen LogP contribution in [0.25, 0.3) is 11.1 Å². The highest BCUT2D eigenvalue weighted by atomic mass is 35.5. The minimum atomic E-state index is -1.46. The first-order chi connectivity index (χ1) is 9.88. The molecule has 0 atom stereocenters. The molecule has 0 amide bonds. The molecule has 1 N–H and O–H groups in total. The Kier molecular flexibility index (Phi) is 4.91. The van der Waals surface area contributed by atoms with Gasteiger partial charge in [0.1, 0.15) is 0 Å². The Morgan fingerprint density at radius 1 is 1.00 bits per heavy atom. The van der Waals surface area contributed by atoms with E-state index in [1.807, 2.05) is 13.8 Å². The van der Waals surface area contributed by atoms with Gasteiger partial charge in [0.25, 0.3) is 0 Å². The molecule has 0 aliphatic heterocycles. The van der Waals surface area contributed by atoms with E-state index in [1.165, 1.54) is 0 Å². The van der Waals surface area contributed by atoms with Crippen LogP contribution >= 0.6 is 11.6 Å². The lowest BCUT2D eigenvalue weighted by Crippen LogP contribution is -2.21. The van der Waals surface area contributed by atoms with Gasteiger partial charge in [0.15, 0.2) is 17.5 Å². The van der Waals surface area contributed by atoms with Crippen molar-refractivity contribution >= 4 is 11.6 Å². The molecule has 0 aliphatic rings. The lowest BCUT2D eigenvalue weighted by molar-refractivity contribution is 0.447. The summed E-state index contributed by atoms with van der Waals surface area (Å²) >= 11 is 6.11. The van der Waals surface area contributed by atoms with Crippen molar-refractivity contribution in [1.82, 2.24) is 5.32 Å². The highest BCUT2D eigenvalue weighted by molar-refractivity contribution is 6.31. The Labute approximate surface area is 126 Å². The highest BCUT2D eigenvalue weighted by Gasteiger charge is 2.12. The van der Waals surface area contributed by atoms with E-state index in [0.29, 0.717) is 17.1 Å². The molecule has 21 heavy (non-hydrogen) atoms. The molecule has 0 heterocycles. The fourth-order valence-electron chi connectivity index (χ4n) is 1.93. The standard InChI is InChI=1S/C16H15ClF3N/c1-9(2)21-8-12-5-10(3-4-13(12)17)11-6-14(18)16(20)15(19)7-11/h3-7,9,21H,8H2,1-2H3. The first kappa shape index (κ1) is 15.9. The Morgan fingerprint density at radius 2 is 1.62 bits per heavy atom. The van der Waals surface area contributed by atoms with Crippen molar-refractivity contribution in [3.05, 3.63) is 58.4 Å². The molecule has 0 radical (unpaired) electrons. The van der Waals surface area contributed by atoms with E-state index < -0.39 is 17.5 Å². The molecule has 0 bridgehead atoms. The van der Waals surface area contributed by atoms with Gasteiger partial charge in [-0.25, -0.2) is 13.2 Å². The van der Waals surface area contributed by atoms with Crippen LogP contribution in [0.1, 0.15) is 19.4 Å². The molecule has 2 rings (SSSR count). The second kappa shape index (κ2) is 6.50. The van der Waals surface area contributed by atoms with Crippen molar-refractivity contribution in [2.75, 3.05) is 0 Å². The van der Waals surface area contributed by atoms with E-state index in [2.05, 4.69) is 5.32 Å². The molecule has 2 aromatic carbocycles. The van der Waals surface area contributed by atoms with Gasteiger partial charge >= 0.3 is 0 Å². The summed E-state index contributed by atoms with van der Waals surface area (Å²) in [7, 11) is 0. The molecule has 1 nitrogen and oxygen atoms in total. The molecule has 5 heteroatoms. The Bertz CT molecular complexity index is 633. The van der Waals surface area contributed by atoms with Crippen LogP contribution in [0.3, 0.4) is 0 Å². The van der Waals surface area contributed by atoms with Gasteiger partial charge in [-0.2, -0.15) is 0 Å². The fourth-order valence-corrected chi connectivity index (χ4v) is 2.11. The van der Waals surface area contributed by atoms with E-state index >= 15 is 0 Å². The largest absolute Gasteiger partial charge is 0.310 e. The molecule has 0 saturated heterocycles. The normalized spacial score (nSPS) is 11.2. The molecule has 112 valence electrons. The van der Waals surface area contributed by atoms with Crippen molar-refractivity contribution in [3.63, 3.8) is 0 Å². The summed E-state index contributed by atoms with van der Waals surface area (Å²) in [6, 6.07) is 7.28. The minimum absolute atomic E-state index is 0.272. The van der Waals surface area contributed by atoms with Gasteiger partial charge in [-0.05, 0) is 41.0 Å². The third kappa shape index (κ3) is 3.77. The first-order valence-corrected chi connectivity index (χ1v) is 6.93. The van der Waals surface area contributed by atoms with E-state index in [0.717, 1.165) is 17.7 Å². The molecule has 0 unspecified atom stereocenters.